The summed E-state index contributed by atoms with van der Waals surface area (Å²) in [6.07, 6.45) is 8.09. The van der Waals surface area contributed by atoms with E-state index in [2.05, 4.69) is 27.4 Å². The minimum Gasteiger partial charge on any atom is -0.459 e. The Hall–Kier alpha value is -0.920. The lowest BCUT2D eigenvalue weighted by Gasteiger charge is -2.63. The Labute approximate surface area is 180 Å². The molecule has 7 heteroatoms. The SMILES string of the molecule is C=C[C@]1(C)[C@@H](OS(=O)(=O)O)CC[C@@]2(C)[C@@H]1CC[C@@]1(C)C(C3(C)CCC(=O)O3)CC[C@H]21. The molecule has 4 aliphatic rings. The maximum atomic E-state index is 11.9. The van der Waals surface area contributed by atoms with E-state index in [9.17, 15) is 17.8 Å². The smallest absolute Gasteiger partial charge is 0.397 e. The van der Waals surface area contributed by atoms with Gasteiger partial charge in [-0.2, -0.15) is 8.42 Å². The van der Waals surface area contributed by atoms with Crippen LogP contribution in [0.4, 0.5) is 0 Å². The van der Waals surface area contributed by atoms with Gasteiger partial charge in [-0.05, 0) is 74.5 Å². The van der Waals surface area contributed by atoms with E-state index >= 15 is 0 Å². The van der Waals surface area contributed by atoms with Gasteiger partial charge in [0.15, 0.2) is 0 Å². The molecule has 0 aromatic carbocycles. The maximum Gasteiger partial charge on any atom is 0.397 e. The van der Waals surface area contributed by atoms with Crippen LogP contribution in [0.15, 0.2) is 12.7 Å². The molecule has 1 heterocycles. The summed E-state index contributed by atoms with van der Waals surface area (Å²) in [5.41, 5.74) is -0.811. The summed E-state index contributed by atoms with van der Waals surface area (Å²) in [6, 6.07) is 0. The van der Waals surface area contributed by atoms with E-state index < -0.39 is 21.9 Å². The molecule has 170 valence electrons. The van der Waals surface area contributed by atoms with Gasteiger partial charge < -0.3 is 4.74 Å². The van der Waals surface area contributed by atoms with Gasteiger partial charge in [-0.25, -0.2) is 4.18 Å². The Kier molecular flexibility index (Phi) is 5.04. The van der Waals surface area contributed by atoms with E-state index in [0.29, 0.717) is 24.7 Å². The van der Waals surface area contributed by atoms with Crippen molar-refractivity contribution >= 4 is 16.4 Å². The fraction of sp³-hybridized carbons (Fsp3) is 0.870. The van der Waals surface area contributed by atoms with Gasteiger partial charge in [-0.1, -0.05) is 26.8 Å². The van der Waals surface area contributed by atoms with Crippen LogP contribution < -0.4 is 0 Å². The highest BCUT2D eigenvalue weighted by molar-refractivity contribution is 7.80. The molecule has 6 nitrogen and oxygen atoms in total. The molecular formula is C23H36O6S. The minimum atomic E-state index is -4.52. The zero-order valence-electron chi connectivity index (χ0n) is 18.6. The fourth-order valence-electron chi connectivity index (χ4n) is 8.58. The zero-order valence-corrected chi connectivity index (χ0v) is 19.5. The largest absolute Gasteiger partial charge is 0.459 e. The van der Waals surface area contributed by atoms with E-state index in [4.69, 9.17) is 8.92 Å². The fourth-order valence-corrected chi connectivity index (χ4v) is 9.17. The highest BCUT2D eigenvalue weighted by Crippen LogP contribution is 2.72. The number of carbonyl (C=O) groups excluding carboxylic acids is 1. The van der Waals surface area contributed by atoms with E-state index in [1.807, 2.05) is 13.0 Å². The molecule has 3 saturated carbocycles. The number of ether oxygens (including phenoxy) is 1. The lowest BCUT2D eigenvalue weighted by Crippen LogP contribution is -2.60. The first-order valence-corrected chi connectivity index (χ1v) is 12.7. The molecule has 1 saturated heterocycles. The molecule has 1 aliphatic heterocycles. The monoisotopic (exact) mass is 440 g/mol. The number of esters is 1. The molecule has 0 radical (unpaired) electrons. The maximum absolute atomic E-state index is 11.9. The second-order valence-electron chi connectivity index (χ2n) is 11.2. The van der Waals surface area contributed by atoms with Crippen molar-refractivity contribution in [3.63, 3.8) is 0 Å². The second-order valence-corrected chi connectivity index (χ2v) is 12.2. The molecule has 4 fully saturated rings. The number of cyclic esters (lactones) is 1. The summed E-state index contributed by atoms with van der Waals surface area (Å²) in [7, 11) is -4.52. The van der Waals surface area contributed by atoms with Gasteiger partial charge in [0.05, 0.1) is 6.10 Å². The second kappa shape index (κ2) is 6.79. The Bertz CT molecular complexity index is 854. The minimum absolute atomic E-state index is 0.0166. The van der Waals surface area contributed by atoms with Crippen LogP contribution in [0.3, 0.4) is 0 Å². The molecule has 0 aromatic rings. The third-order valence-electron chi connectivity index (χ3n) is 9.88. The van der Waals surface area contributed by atoms with Crippen molar-refractivity contribution in [1.82, 2.24) is 0 Å². The standard InChI is InChI=1S/C23H36O6S/c1-6-20(2)16-9-12-22(4)15(7-8-17(22)23(5)14-11-19(24)28-23)21(16,3)13-10-18(20)29-30(25,26)27/h6,15-18H,1,7-14H2,2-5H3,(H,25,26,27)/t15-,16-,17?,18+,20+,21-,22-,23?/m1/s1. The summed E-state index contributed by atoms with van der Waals surface area (Å²) >= 11 is 0. The topological polar surface area (TPSA) is 89.9 Å². The third-order valence-corrected chi connectivity index (χ3v) is 10.4. The van der Waals surface area contributed by atoms with Crippen molar-refractivity contribution in [2.45, 2.75) is 90.8 Å². The number of rotatable bonds is 4. The van der Waals surface area contributed by atoms with Crippen molar-refractivity contribution in [2.75, 3.05) is 0 Å². The van der Waals surface area contributed by atoms with Gasteiger partial charge in [0.2, 0.25) is 0 Å². The van der Waals surface area contributed by atoms with Crippen molar-refractivity contribution in [3.8, 4) is 0 Å². The molecule has 8 atom stereocenters. The molecule has 0 amide bonds. The predicted octanol–water partition coefficient (Wildman–Crippen LogP) is 4.71. The Morgan fingerprint density at radius 2 is 1.60 bits per heavy atom. The van der Waals surface area contributed by atoms with Gasteiger partial charge in [-0.15, -0.1) is 6.58 Å². The molecular weight excluding hydrogens is 404 g/mol. The van der Waals surface area contributed by atoms with E-state index in [0.717, 1.165) is 38.5 Å². The van der Waals surface area contributed by atoms with Crippen LogP contribution in [0.25, 0.3) is 0 Å². The van der Waals surface area contributed by atoms with Gasteiger partial charge in [0.1, 0.15) is 5.60 Å². The summed E-state index contributed by atoms with van der Waals surface area (Å²) in [5.74, 6) is 0.960. The first-order chi connectivity index (χ1) is 13.8. The Morgan fingerprint density at radius 3 is 2.17 bits per heavy atom. The van der Waals surface area contributed by atoms with Gasteiger partial charge >= 0.3 is 16.4 Å². The van der Waals surface area contributed by atoms with Crippen LogP contribution in [-0.4, -0.2) is 30.6 Å². The molecule has 30 heavy (non-hydrogen) atoms. The van der Waals surface area contributed by atoms with Gasteiger partial charge in [-0.3, -0.25) is 9.35 Å². The van der Waals surface area contributed by atoms with Crippen molar-refractivity contribution < 1.29 is 26.7 Å². The number of hydrogen-bond acceptors (Lipinski definition) is 5. The van der Waals surface area contributed by atoms with Crippen LogP contribution in [0.2, 0.25) is 0 Å². The zero-order chi connectivity index (χ0) is 22.2. The quantitative estimate of drug-likeness (QED) is 0.387. The average Bonchev–Trinajstić information content (AvgIpc) is 3.17. The number of carbonyl (C=O) groups is 1. The summed E-state index contributed by atoms with van der Waals surface area (Å²) in [5, 5.41) is 0. The van der Waals surface area contributed by atoms with Crippen LogP contribution >= 0.6 is 0 Å². The van der Waals surface area contributed by atoms with Crippen LogP contribution in [0, 0.1) is 34.0 Å². The van der Waals surface area contributed by atoms with E-state index in [1.54, 1.807) is 0 Å². The number of fused-ring (bicyclic) bond motifs is 3. The van der Waals surface area contributed by atoms with Gasteiger partial charge in [0.25, 0.3) is 0 Å². The Morgan fingerprint density at radius 1 is 1.00 bits per heavy atom. The first-order valence-electron chi connectivity index (χ1n) is 11.3. The van der Waals surface area contributed by atoms with Crippen LogP contribution in [-0.2, 0) is 24.1 Å². The first kappa shape index (κ1) is 22.3. The highest BCUT2D eigenvalue weighted by atomic mass is 32.3. The van der Waals surface area contributed by atoms with E-state index in [1.165, 1.54) is 0 Å². The molecule has 3 aliphatic carbocycles. The third kappa shape index (κ3) is 3.10. The van der Waals surface area contributed by atoms with Crippen LogP contribution in [0.5, 0.6) is 0 Å². The lowest BCUT2D eigenvalue weighted by atomic mass is 9.42. The summed E-state index contributed by atoms with van der Waals surface area (Å²) in [6.45, 7) is 12.9. The summed E-state index contributed by atoms with van der Waals surface area (Å²) in [4.78, 5) is 11.9. The molecule has 4 rings (SSSR count). The lowest BCUT2D eigenvalue weighted by molar-refractivity contribution is -0.175. The van der Waals surface area contributed by atoms with Crippen molar-refractivity contribution in [1.29, 1.82) is 0 Å². The van der Waals surface area contributed by atoms with Crippen molar-refractivity contribution in [2.24, 2.45) is 34.0 Å². The average molecular weight is 441 g/mol. The molecule has 0 bridgehead atoms. The molecule has 0 aromatic heterocycles. The Balaban J connectivity index is 1.67. The van der Waals surface area contributed by atoms with E-state index in [-0.39, 0.29) is 28.3 Å². The molecule has 1 N–H and O–H groups in total. The highest BCUT2D eigenvalue weighted by Gasteiger charge is 2.67. The van der Waals surface area contributed by atoms with Crippen molar-refractivity contribution in [3.05, 3.63) is 12.7 Å². The van der Waals surface area contributed by atoms with Crippen LogP contribution in [0.1, 0.15) is 79.1 Å². The predicted molar refractivity (Wildman–Crippen MR) is 113 cm³/mol. The molecule has 2 unspecified atom stereocenters. The van der Waals surface area contributed by atoms with Gasteiger partial charge in [0, 0.05) is 17.8 Å². The molecule has 0 spiro atoms. The number of hydrogen-bond donors (Lipinski definition) is 1. The normalized spacial score (nSPS) is 51.2. The summed E-state index contributed by atoms with van der Waals surface area (Å²) < 4.78 is 43.3.